The van der Waals surface area contributed by atoms with Crippen molar-refractivity contribution in [2.45, 2.75) is 11.9 Å². The van der Waals surface area contributed by atoms with E-state index in [1.54, 1.807) is 30.3 Å². The maximum absolute atomic E-state index is 12.6. The van der Waals surface area contributed by atoms with Crippen LogP contribution in [0.15, 0.2) is 48.5 Å². The number of aromatic carboxylic acids is 1. The Hall–Kier alpha value is -3.33. The molecule has 0 bridgehead atoms. The molecule has 0 saturated carbocycles. The number of carboxylic acid groups (broad SMARTS) is 1. The SMILES string of the molecule is COC(=O)c1cccc(CN2C(=O)S[C@H](Nc3ccccc3C(=O)[O-])C2=O)c1. The molecule has 1 N–H and O–H groups in total. The summed E-state index contributed by atoms with van der Waals surface area (Å²) in [4.78, 5) is 48.8. The van der Waals surface area contributed by atoms with Gasteiger partial charge in [0, 0.05) is 11.3 Å². The molecular formula is C19H15N2O6S-. The van der Waals surface area contributed by atoms with E-state index in [4.69, 9.17) is 0 Å². The molecule has 2 aromatic rings. The Balaban J connectivity index is 1.76. The van der Waals surface area contributed by atoms with Crippen LogP contribution in [-0.4, -0.2) is 40.5 Å². The summed E-state index contributed by atoms with van der Waals surface area (Å²) in [7, 11) is 1.26. The minimum atomic E-state index is -1.39. The number of nitrogens with zero attached hydrogens (tertiary/aromatic N) is 1. The second-order valence-electron chi connectivity index (χ2n) is 5.86. The average Bonchev–Trinajstić information content (AvgIpc) is 2.95. The molecule has 0 aromatic heterocycles. The molecule has 1 saturated heterocycles. The summed E-state index contributed by atoms with van der Waals surface area (Å²) in [6, 6.07) is 12.4. The standard InChI is InChI=1S/C19H16N2O6S/c1-27-18(25)12-6-4-5-11(9-12)10-21-16(22)15(28-19(21)26)20-14-8-3-2-7-13(14)17(23)24/h2-9,15,20H,10H2,1H3,(H,23,24)/p-1/t15-/m0/s1. The van der Waals surface area contributed by atoms with Gasteiger partial charge in [0.25, 0.3) is 11.1 Å². The lowest BCUT2D eigenvalue weighted by molar-refractivity contribution is -0.254. The van der Waals surface area contributed by atoms with Gasteiger partial charge in [-0.3, -0.25) is 14.5 Å². The molecule has 0 unspecified atom stereocenters. The van der Waals surface area contributed by atoms with E-state index >= 15 is 0 Å². The molecule has 0 radical (unpaired) electrons. The number of anilines is 1. The fourth-order valence-electron chi connectivity index (χ4n) is 2.71. The van der Waals surface area contributed by atoms with Crippen LogP contribution < -0.4 is 10.4 Å². The third kappa shape index (κ3) is 3.99. The molecule has 2 aromatic carbocycles. The Morgan fingerprint density at radius 2 is 1.93 bits per heavy atom. The predicted molar refractivity (Wildman–Crippen MR) is 99.5 cm³/mol. The second-order valence-corrected chi connectivity index (χ2v) is 6.91. The number of hydrogen-bond donors (Lipinski definition) is 1. The van der Waals surface area contributed by atoms with Crippen LogP contribution in [0.1, 0.15) is 26.3 Å². The van der Waals surface area contributed by atoms with Crippen molar-refractivity contribution in [2.24, 2.45) is 0 Å². The maximum Gasteiger partial charge on any atom is 0.337 e. The molecule has 1 fully saturated rings. The van der Waals surface area contributed by atoms with Crippen molar-refractivity contribution in [2.75, 3.05) is 12.4 Å². The van der Waals surface area contributed by atoms with Gasteiger partial charge >= 0.3 is 5.97 Å². The van der Waals surface area contributed by atoms with Gasteiger partial charge in [-0.15, -0.1) is 0 Å². The lowest BCUT2D eigenvalue weighted by atomic mass is 10.1. The number of benzene rings is 2. The van der Waals surface area contributed by atoms with Gasteiger partial charge in [0.15, 0.2) is 5.37 Å². The van der Waals surface area contributed by atoms with Gasteiger partial charge in [0.2, 0.25) is 0 Å². The fourth-order valence-corrected chi connectivity index (χ4v) is 3.60. The first-order valence-corrected chi connectivity index (χ1v) is 9.05. The van der Waals surface area contributed by atoms with Crippen molar-refractivity contribution in [3.05, 3.63) is 65.2 Å². The molecule has 1 aliphatic heterocycles. The second kappa shape index (κ2) is 8.13. The Morgan fingerprint density at radius 1 is 1.18 bits per heavy atom. The van der Waals surface area contributed by atoms with E-state index in [-0.39, 0.29) is 17.8 Å². The van der Waals surface area contributed by atoms with Crippen LogP contribution >= 0.6 is 11.8 Å². The minimum Gasteiger partial charge on any atom is -0.545 e. The fraction of sp³-hybridized carbons (Fsp3) is 0.158. The van der Waals surface area contributed by atoms with Gasteiger partial charge in [-0.25, -0.2) is 4.79 Å². The zero-order valence-electron chi connectivity index (χ0n) is 14.7. The highest BCUT2D eigenvalue weighted by Gasteiger charge is 2.40. The van der Waals surface area contributed by atoms with Crippen LogP contribution in [0.4, 0.5) is 10.5 Å². The highest BCUT2D eigenvalue weighted by atomic mass is 32.2. The predicted octanol–water partition coefficient (Wildman–Crippen LogP) is 1.47. The van der Waals surface area contributed by atoms with Crippen LogP contribution in [0.25, 0.3) is 0 Å². The lowest BCUT2D eigenvalue weighted by Crippen LogP contribution is -2.34. The van der Waals surface area contributed by atoms with E-state index in [1.807, 2.05) is 0 Å². The van der Waals surface area contributed by atoms with Crippen molar-refractivity contribution in [1.29, 1.82) is 0 Å². The number of methoxy groups -OCH3 is 1. The molecule has 9 heteroatoms. The number of carbonyl (C=O) groups excluding carboxylic acids is 4. The van der Waals surface area contributed by atoms with Gasteiger partial charge < -0.3 is 20.0 Å². The van der Waals surface area contributed by atoms with Crippen LogP contribution in [0, 0.1) is 0 Å². The highest BCUT2D eigenvalue weighted by Crippen LogP contribution is 2.30. The quantitative estimate of drug-likeness (QED) is 0.726. The van der Waals surface area contributed by atoms with E-state index < -0.39 is 28.5 Å². The Bertz CT molecular complexity index is 961. The first kappa shape index (κ1) is 19.4. The van der Waals surface area contributed by atoms with Crippen molar-refractivity contribution in [1.82, 2.24) is 4.90 Å². The van der Waals surface area contributed by atoms with Crippen molar-refractivity contribution in [3.63, 3.8) is 0 Å². The lowest BCUT2D eigenvalue weighted by Gasteiger charge is -2.17. The van der Waals surface area contributed by atoms with Gasteiger partial charge in [-0.05, 0) is 35.5 Å². The zero-order chi connectivity index (χ0) is 20.3. The smallest absolute Gasteiger partial charge is 0.337 e. The maximum atomic E-state index is 12.6. The molecule has 1 heterocycles. The number of carboxylic acids is 1. The molecule has 144 valence electrons. The summed E-state index contributed by atoms with van der Waals surface area (Å²) in [5.74, 6) is -2.42. The first-order chi connectivity index (χ1) is 13.4. The summed E-state index contributed by atoms with van der Waals surface area (Å²) in [6.07, 6.45) is 0. The topological polar surface area (TPSA) is 116 Å². The molecule has 1 atom stereocenters. The number of carbonyl (C=O) groups is 4. The monoisotopic (exact) mass is 399 g/mol. The zero-order valence-corrected chi connectivity index (χ0v) is 15.5. The number of ether oxygens (including phenoxy) is 1. The van der Waals surface area contributed by atoms with Gasteiger partial charge in [-0.1, -0.05) is 30.3 Å². The summed E-state index contributed by atoms with van der Waals surface area (Å²) in [5, 5.41) is 12.5. The summed E-state index contributed by atoms with van der Waals surface area (Å²) >= 11 is 0.753. The van der Waals surface area contributed by atoms with E-state index in [9.17, 15) is 24.3 Å². The Labute approximate surface area is 164 Å². The molecule has 3 rings (SSSR count). The minimum absolute atomic E-state index is 0.0180. The number of para-hydroxylation sites is 1. The number of amides is 2. The molecule has 28 heavy (non-hydrogen) atoms. The molecular weight excluding hydrogens is 384 g/mol. The van der Waals surface area contributed by atoms with E-state index in [1.165, 1.54) is 25.3 Å². The van der Waals surface area contributed by atoms with Crippen LogP contribution in [0.2, 0.25) is 0 Å². The highest BCUT2D eigenvalue weighted by molar-refractivity contribution is 8.15. The third-order valence-electron chi connectivity index (χ3n) is 4.05. The number of thioether (sulfide) groups is 1. The number of esters is 1. The van der Waals surface area contributed by atoms with E-state index in [0.29, 0.717) is 11.1 Å². The van der Waals surface area contributed by atoms with Crippen LogP contribution in [0.3, 0.4) is 0 Å². The van der Waals surface area contributed by atoms with Crippen LogP contribution in [0.5, 0.6) is 0 Å². The molecule has 0 aliphatic carbocycles. The Morgan fingerprint density at radius 3 is 2.64 bits per heavy atom. The summed E-state index contributed by atoms with van der Waals surface area (Å²) in [6.45, 7) is -0.0180. The summed E-state index contributed by atoms with van der Waals surface area (Å²) in [5.41, 5.74) is 0.980. The largest absolute Gasteiger partial charge is 0.545 e. The number of imide groups is 1. The number of rotatable bonds is 6. The van der Waals surface area contributed by atoms with E-state index in [0.717, 1.165) is 16.7 Å². The number of nitrogens with one attached hydrogen (secondary N) is 1. The van der Waals surface area contributed by atoms with Gasteiger partial charge in [0.1, 0.15) is 0 Å². The molecule has 8 nitrogen and oxygen atoms in total. The molecule has 2 amide bonds. The molecule has 1 aliphatic rings. The average molecular weight is 399 g/mol. The Kier molecular flexibility index (Phi) is 5.65. The third-order valence-corrected chi connectivity index (χ3v) is 5.03. The first-order valence-electron chi connectivity index (χ1n) is 8.17. The van der Waals surface area contributed by atoms with Gasteiger partial charge in [-0.2, -0.15) is 0 Å². The normalized spacial score (nSPS) is 16.2. The van der Waals surface area contributed by atoms with Crippen molar-refractivity contribution < 1.29 is 29.0 Å². The number of hydrogen-bond acceptors (Lipinski definition) is 8. The van der Waals surface area contributed by atoms with Crippen molar-refractivity contribution in [3.8, 4) is 0 Å². The summed E-state index contributed by atoms with van der Waals surface area (Å²) < 4.78 is 4.66. The van der Waals surface area contributed by atoms with Crippen LogP contribution in [-0.2, 0) is 16.1 Å². The van der Waals surface area contributed by atoms with Gasteiger partial charge in [0.05, 0.1) is 25.2 Å². The van der Waals surface area contributed by atoms with Crippen molar-refractivity contribution >= 4 is 40.5 Å². The van der Waals surface area contributed by atoms with E-state index in [2.05, 4.69) is 10.1 Å². The molecule has 0 spiro atoms.